The molecule has 0 fully saturated rings. The molecule has 0 saturated heterocycles. The van der Waals surface area contributed by atoms with Crippen molar-refractivity contribution in [3.63, 3.8) is 0 Å². The van der Waals surface area contributed by atoms with E-state index in [2.05, 4.69) is 12.1 Å². The number of para-hydroxylation sites is 2. The molecule has 2 aromatic carbocycles. The maximum atomic E-state index is 5.86. The molecule has 0 spiro atoms. The van der Waals surface area contributed by atoms with Crippen LogP contribution in [0, 0.1) is 0 Å². The van der Waals surface area contributed by atoms with Crippen LogP contribution >= 0.6 is 0 Å². The minimum absolute atomic E-state index is 0.147. The summed E-state index contributed by atoms with van der Waals surface area (Å²) in [6, 6.07) is 14.1. The van der Waals surface area contributed by atoms with Gasteiger partial charge in [-0.15, -0.1) is 0 Å². The molecule has 86 valence electrons. The Kier molecular flexibility index (Phi) is 2.29. The highest BCUT2D eigenvalue weighted by molar-refractivity contribution is 6.06. The number of benzene rings is 2. The average molecular weight is 226 g/mol. The zero-order valence-electron chi connectivity index (χ0n) is 9.94. The fraction of sp³-hybridized carbons (Fsp3) is 0.200. The molecule has 3 aromatic rings. The van der Waals surface area contributed by atoms with Crippen LogP contribution < -0.4 is 4.74 Å². The second kappa shape index (κ2) is 3.81. The van der Waals surface area contributed by atoms with Crippen LogP contribution in [0.3, 0.4) is 0 Å². The van der Waals surface area contributed by atoms with Crippen LogP contribution in [-0.4, -0.2) is 6.10 Å². The molecule has 0 radical (unpaired) electrons. The highest BCUT2D eigenvalue weighted by Gasteiger charge is 2.11. The number of ether oxygens (including phenoxy) is 1. The first-order chi connectivity index (χ1) is 8.25. The number of hydrogen-bond donors (Lipinski definition) is 0. The summed E-state index contributed by atoms with van der Waals surface area (Å²) in [5.74, 6) is 0.814. The number of fused-ring (bicyclic) bond motifs is 3. The SMILES string of the molecule is CC(C)Oc1cccc2c1oc1ccccc12. The molecule has 0 bridgehead atoms. The van der Waals surface area contributed by atoms with Crippen molar-refractivity contribution in [1.29, 1.82) is 0 Å². The number of furan rings is 1. The molecular weight excluding hydrogens is 212 g/mol. The van der Waals surface area contributed by atoms with E-state index in [9.17, 15) is 0 Å². The first kappa shape index (κ1) is 10.2. The Morgan fingerprint density at radius 3 is 2.53 bits per heavy atom. The third-order valence-corrected chi connectivity index (χ3v) is 2.73. The quantitative estimate of drug-likeness (QED) is 0.647. The topological polar surface area (TPSA) is 22.4 Å². The zero-order valence-corrected chi connectivity index (χ0v) is 9.94. The lowest BCUT2D eigenvalue weighted by molar-refractivity contribution is 0.242. The molecular formula is C15H14O2. The molecule has 0 aliphatic heterocycles. The van der Waals surface area contributed by atoms with Gasteiger partial charge in [-0.1, -0.05) is 30.3 Å². The van der Waals surface area contributed by atoms with E-state index in [1.54, 1.807) is 0 Å². The monoisotopic (exact) mass is 226 g/mol. The standard InChI is InChI=1S/C15H14O2/c1-10(2)16-14-9-5-7-12-11-6-3-4-8-13(11)17-15(12)14/h3-10H,1-2H3. The first-order valence-corrected chi connectivity index (χ1v) is 5.82. The van der Waals surface area contributed by atoms with Gasteiger partial charge in [0.25, 0.3) is 0 Å². The Balaban J connectivity index is 2.31. The van der Waals surface area contributed by atoms with E-state index in [4.69, 9.17) is 9.15 Å². The van der Waals surface area contributed by atoms with E-state index in [0.717, 1.165) is 27.7 Å². The lowest BCUT2D eigenvalue weighted by Gasteiger charge is -2.09. The highest BCUT2D eigenvalue weighted by atomic mass is 16.5. The summed E-state index contributed by atoms with van der Waals surface area (Å²) in [6.45, 7) is 4.03. The summed E-state index contributed by atoms with van der Waals surface area (Å²) in [4.78, 5) is 0. The summed E-state index contributed by atoms with van der Waals surface area (Å²) in [6.07, 6.45) is 0.147. The fourth-order valence-corrected chi connectivity index (χ4v) is 2.07. The van der Waals surface area contributed by atoms with Gasteiger partial charge < -0.3 is 9.15 Å². The molecule has 1 heterocycles. The van der Waals surface area contributed by atoms with Crippen molar-refractivity contribution < 1.29 is 9.15 Å². The van der Waals surface area contributed by atoms with Crippen molar-refractivity contribution in [2.75, 3.05) is 0 Å². The molecule has 1 aromatic heterocycles. The van der Waals surface area contributed by atoms with Crippen molar-refractivity contribution in [2.24, 2.45) is 0 Å². The van der Waals surface area contributed by atoms with Gasteiger partial charge in [0.1, 0.15) is 5.58 Å². The molecule has 0 unspecified atom stereocenters. The predicted molar refractivity (Wildman–Crippen MR) is 69.5 cm³/mol. The van der Waals surface area contributed by atoms with Crippen LogP contribution in [0.25, 0.3) is 21.9 Å². The largest absolute Gasteiger partial charge is 0.487 e. The maximum absolute atomic E-state index is 5.86. The van der Waals surface area contributed by atoms with Crippen molar-refractivity contribution in [3.05, 3.63) is 42.5 Å². The van der Waals surface area contributed by atoms with Gasteiger partial charge in [-0.05, 0) is 26.0 Å². The summed E-state index contributed by atoms with van der Waals surface area (Å²) >= 11 is 0. The van der Waals surface area contributed by atoms with Crippen molar-refractivity contribution >= 4 is 21.9 Å². The Morgan fingerprint density at radius 2 is 1.71 bits per heavy atom. The minimum atomic E-state index is 0.147. The lowest BCUT2D eigenvalue weighted by Crippen LogP contribution is -2.05. The van der Waals surface area contributed by atoms with Crippen LogP contribution in [0.4, 0.5) is 0 Å². The molecule has 0 atom stereocenters. The smallest absolute Gasteiger partial charge is 0.177 e. The van der Waals surface area contributed by atoms with Crippen LogP contribution in [0.5, 0.6) is 5.75 Å². The molecule has 0 saturated carbocycles. The second-order valence-electron chi connectivity index (χ2n) is 4.40. The predicted octanol–water partition coefficient (Wildman–Crippen LogP) is 4.37. The molecule has 0 amide bonds. The molecule has 17 heavy (non-hydrogen) atoms. The van der Waals surface area contributed by atoms with E-state index >= 15 is 0 Å². The van der Waals surface area contributed by atoms with E-state index in [-0.39, 0.29) is 6.10 Å². The molecule has 2 nitrogen and oxygen atoms in total. The Bertz CT molecular complexity index is 665. The van der Waals surface area contributed by atoms with Crippen molar-refractivity contribution in [2.45, 2.75) is 20.0 Å². The number of hydrogen-bond acceptors (Lipinski definition) is 2. The normalized spacial score (nSPS) is 11.5. The number of rotatable bonds is 2. The van der Waals surface area contributed by atoms with Gasteiger partial charge in [-0.2, -0.15) is 0 Å². The third kappa shape index (κ3) is 1.66. The Labute approximate surface area is 99.8 Å². The van der Waals surface area contributed by atoms with Crippen LogP contribution in [0.2, 0.25) is 0 Å². The van der Waals surface area contributed by atoms with E-state index in [0.29, 0.717) is 0 Å². The highest BCUT2D eigenvalue weighted by Crippen LogP contribution is 2.34. The van der Waals surface area contributed by atoms with Crippen LogP contribution in [0.15, 0.2) is 46.9 Å². The summed E-state index contributed by atoms with van der Waals surface area (Å²) in [5.41, 5.74) is 1.74. The fourth-order valence-electron chi connectivity index (χ4n) is 2.07. The van der Waals surface area contributed by atoms with Gasteiger partial charge in [0.2, 0.25) is 0 Å². The van der Waals surface area contributed by atoms with E-state index in [1.807, 2.05) is 44.2 Å². The molecule has 0 aliphatic carbocycles. The maximum Gasteiger partial charge on any atom is 0.177 e. The van der Waals surface area contributed by atoms with Gasteiger partial charge in [0.15, 0.2) is 11.3 Å². The molecule has 0 aliphatic rings. The molecule has 0 N–H and O–H groups in total. The Morgan fingerprint density at radius 1 is 0.941 bits per heavy atom. The minimum Gasteiger partial charge on any atom is -0.487 e. The van der Waals surface area contributed by atoms with Gasteiger partial charge in [-0.3, -0.25) is 0 Å². The summed E-state index contributed by atoms with van der Waals surface area (Å²) < 4.78 is 11.6. The molecule has 3 rings (SSSR count). The lowest BCUT2D eigenvalue weighted by atomic mass is 10.1. The van der Waals surface area contributed by atoms with E-state index in [1.165, 1.54) is 0 Å². The van der Waals surface area contributed by atoms with Gasteiger partial charge in [-0.25, -0.2) is 0 Å². The van der Waals surface area contributed by atoms with Crippen molar-refractivity contribution in [1.82, 2.24) is 0 Å². The third-order valence-electron chi connectivity index (χ3n) is 2.73. The average Bonchev–Trinajstić information content (AvgIpc) is 2.68. The summed E-state index contributed by atoms with van der Waals surface area (Å²) in [7, 11) is 0. The Hall–Kier alpha value is -1.96. The molecule has 2 heteroatoms. The zero-order chi connectivity index (χ0) is 11.8. The van der Waals surface area contributed by atoms with Gasteiger partial charge >= 0.3 is 0 Å². The summed E-state index contributed by atoms with van der Waals surface area (Å²) in [5, 5.41) is 2.25. The van der Waals surface area contributed by atoms with Crippen LogP contribution in [-0.2, 0) is 0 Å². The van der Waals surface area contributed by atoms with Crippen molar-refractivity contribution in [3.8, 4) is 5.75 Å². The first-order valence-electron chi connectivity index (χ1n) is 5.82. The van der Waals surface area contributed by atoms with Gasteiger partial charge in [0.05, 0.1) is 6.10 Å². The van der Waals surface area contributed by atoms with Gasteiger partial charge in [0, 0.05) is 10.8 Å². The second-order valence-corrected chi connectivity index (χ2v) is 4.40. The van der Waals surface area contributed by atoms with Crippen LogP contribution in [0.1, 0.15) is 13.8 Å². The van der Waals surface area contributed by atoms with E-state index < -0.39 is 0 Å².